The van der Waals surface area contributed by atoms with Crippen LogP contribution in [0.2, 0.25) is 0 Å². The van der Waals surface area contributed by atoms with Crippen molar-refractivity contribution in [1.82, 2.24) is 0 Å². The van der Waals surface area contributed by atoms with E-state index in [0.29, 0.717) is 18.7 Å². The lowest BCUT2D eigenvalue weighted by molar-refractivity contribution is -0.894. The molecule has 114 valence electrons. The minimum atomic E-state index is -0.262. The van der Waals surface area contributed by atoms with Crippen LogP contribution < -0.4 is 4.74 Å². The molecule has 4 nitrogen and oxygen atoms in total. The maximum atomic E-state index is 13.0. The third-order valence-electron chi connectivity index (χ3n) is 5.11. The number of rotatable bonds is 1. The molecule has 0 saturated heterocycles. The van der Waals surface area contributed by atoms with E-state index in [9.17, 15) is 10.3 Å². The van der Waals surface area contributed by atoms with Crippen molar-refractivity contribution in [2.75, 3.05) is 20.7 Å². The standard InChI is InChI=1S/C18H19NO3/c1-19(21)8-7-12-10-15(20)18(22-2)17-13-6-4-3-5-11(13)9-14(19)16(12)17/h3-6,10,14,20H,7-9H2,1-2H3/t14-,19?/m1/s1. The van der Waals surface area contributed by atoms with E-state index in [1.807, 2.05) is 18.2 Å². The summed E-state index contributed by atoms with van der Waals surface area (Å²) in [6.07, 6.45) is 1.43. The summed E-state index contributed by atoms with van der Waals surface area (Å²) in [4.78, 5) is 0. The zero-order valence-corrected chi connectivity index (χ0v) is 12.8. The van der Waals surface area contributed by atoms with Gasteiger partial charge in [-0.2, -0.15) is 0 Å². The predicted molar refractivity (Wildman–Crippen MR) is 84.7 cm³/mol. The van der Waals surface area contributed by atoms with E-state index in [0.717, 1.165) is 34.2 Å². The zero-order valence-electron chi connectivity index (χ0n) is 12.8. The Labute approximate surface area is 129 Å². The number of quaternary nitrogens is 1. The van der Waals surface area contributed by atoms with Crippen molar-refractivity contribution in [2.24, 2.45) is 0 Å². The Hall–Kier alpha value is -2.04. The maximum Gasteiger partial charge on any atom is 0.168 e. The van der Waals surface area contributed by atoms with Crippen LogP contribution in [0.5, 0.6) is 11.5 Å². The van der Waals surface area contributed by atoms with Crippen LogP contribution in [0.15, 0.2) is 30.3 Å². The second kappa shape index (κ2) is 4.48. The van der Waals surface area contributed by atoms with Crippen molar-refractivity contribution in [2.45, 2.75) is 18.9 Å². The number of aromatic hydroxyl groups is 1. The summed E-state index contributed by atoms with van der Waals surface area (Å²) in [5.74, 6) is 0.645. The van der Waals surface area contributed by atoms with E-state index in [-0.39, 0.29) is 16.4 Å². The lowest BCUT2D eigenvalue weighted by atomic mass is 9.76. The van der Waals surface area contributed by atoms with Crippen LogP contribution in [0.25, 0.3) is 11.1 Å². The molecule has 1 unspecified atom stereocenters. The minimum Gasteiger partial charge on any atom is -0.633 e. The minimum absolute atomic E-state index is 0.122. The molecule has 4 rings (SSSR count). The summed E-state index contributed by atoms with van der Waals surface area (Å²) in [6.45, 7) is 0.547. The normalized spacial score (nSPS) is 25.3. The predicted octanol–water partition coefficient (Wildman–Crippen LogP) is 3.17. The highest BCUT2D eigenvalue weighted by atomic mass is 16.5. The van der Waals surface area contributed by atoms with Gasteiger partial charge in [-0.05, 0) is 22.8 Å². The Bertz CT molecular complexity index is 767. The summed E-state index contributed by atoms with van der Waals surface area (Å²) in [7, 11) is 3.32. The third kappa shape index (κ3) is 1.71. The molecule has 0 radical (unpaired) electrons. The highest BCUT2D eigenvalue weighted by molar-refractivity contribution is 5.83. The summed E-state index contributed by atoms with van der Waals surface area (Å²) in [5, 5.41) is 23.3. The second-order valence-electron chi connectivity index (χ2n) is 6.40. The van der Waals surface area contributed by atoms with Gasteiger partial charge in [-0.1, -0.05) is 24.3 Å². The number of likely N-dealkylation sites (N-methyl/N-ethyl adjacent to an activating group) is 1. The van der Waals surface area contributed by atoms with Gasteiger partial charge in [0.25, 0.3) is 0 Å². The van der Waals surface area contributed by atoms with Crippen molar-refractivity contribution in [3.05, 3.63) is 52.2 Å². The van der Waals surface area contributed by atoms with E-state index in [1.54, 1.807) is 20.2 Å². The van der Waals surface area contributed by atoms with Gasteiger partial charge in [-0.25, -0.2) is 0 Å². The number of phenols is 1. The molecule has 0 bridgehead atoms. The van der Waals surface area contributed by atoms with Gasteiger partial charge in [0.2, 0.25) is 0 Å². The van der Waals surface area contributed by atoms with Crippen LogP contribution in [0.3, 0.4) is 0 Å². The fourth-order valence-corrected chi connectivity index (χ4v) is 4.00. The van der Waals surface area contributed by atoms with Crippen LogP contribution in [-0.4, -0.2) is 30.5 Å². The number of phenolic OH excluding ortho intramolecular Hbond substituents is 1. The second-order valence-corrected chi connectivity index (χ2v) is 6.40. The molecule has 2 aromatic carbocycles. The van der Waals surface area contributed by atoms with Crippen LogP contribution in [0, 0.1) is 5.21 Å². The van der Waals surface area contributed by atoms with Crippen molar-refractivity contribution in [3.63, 3.8) is 0 Å². The summed E-state index contributed by atoms with van der Waals surface area (Å²) >= 11 is 0. The Morgan fingerprint density at radius 1 is 1.27 bits per heavy atom. The molecule has 0 saturated carbocycles. The Morgan fingerprint density at radius 2 is 2.05 bits per heavy atom. The van der Waals surface area contributed by atoms with Crippen molar-refractivity contribution < 1.29 is 14.5 Å². The molecule has 1 aliphatic heterocycles. The molecule has 0 amide bonds. The fraction of sp³-hybridized carbons (Fsp3) is 0.333. The first kappa shape index (κ1) is 13.6. The molecule has 1 N–H and O–H groups in total. The Kier molecular flexibility index (Phi) is 2.77. The molecule has 1 heterocycles. The number of methoxy groups -OCH3 is 1. The van der Waals surface area contributed by atoms with Crippen molar-refractivity contribution in [1.29, 1.82) is 0 Å². The molecule has 2 aromatic rings. The highest BCUT2D eigenvalue weighted by Crippen LogP contribution is 2.53. The monoisotopic (exact) mass is 297 g/mol. The van der Waals surface area contributed by atoms with Gasteiger partial charge in [-0.3, -0.25) is 0 Å². The van der Waals surface area contributed by atoms with Crippen molar-refractivity contribution >= 4 is 0 Å². The third-order valence-corrected chi connectivity index (χ3v) is 5.11. The van der Waals surface area contributed by atoms with Gasteiger partial charge in [0, 0.05) is 24.0 Å². The lowest BCUT2D eigenvalue weighted by Crippen LogP contribution is -2.48. The van der Waals surface area contributed by atoms with Gasteiger partial charge < -0.3 is 19.7 Å². The first-order chi connectivity index (χ1) is 10.5. The number of hydrogen-bond acceptors (Lipinski definition) is 3. The number of nitrogens with zero attached hydrogens (tertiary/aromatic N) is 1. The fourth-order valence-electron chi connectivity index (χ4n) is 4.00. The molecule has 0 spiro atoms. The zero-order chi connectivity index (χ0) is 15.5. The molecule has 22 heavy (non-hydrogen) atoms. The van der Waals surface area contributed by atoms with Gasteiger partial charge in [0.15, 0.2) is 11.5 Å². The van der Waals surface area contributed by atoms with Crippen molar-refractivity contribution in [3.8, 4) is 22.6 Å². The summed E-state index contributed by atoms with van der Waals surface area (Å²) < 4.78 is 5.22. The molecular formula is C18H19NO3. The molecule has 0 aromatic heterocycles. The van der Waals surface area contributed by atoms with E-state index >= 15 is 0 Å². The molecule has 2 atom stereocenters. The average molecular weight is 297 g/mol. The van der Waals surface area contributed by atoms with E-state index in [2.05, 4.69) is 6.07 Å². The van der Waals surface area contributed by atoms with Gasteiger partial charge in [0.05, 0.1) is 20.7 Å². The molecule has 0 fully saturated rings. The summed E-state index contributed by atoms with van der Waals surface area (Å²) in [5.41, 5.74) is 5.28. The molecule has 4 heteroatoms. The van der Waals surface area contributed by atoms with Gasteiger partial charge in [0.1, 0.15) is 6.04 Å². The van der Waals surface area contributed by atoms with Gasteiger partial charge >= 0.3 is 0 Å². The van der Waals surface area contributed by atoms with Crippen LogP contribution >= 0.6 is 0 Å². The molecule has 1 aliphatic carbocycles. The van der Waals surface area contributed by atoms with E-state index in [4.69, 9.17) is 4.74 Å². The quantitative estimate of drug-likeness (QED) is 0.650. The highest BCUT2D eigenvalue weighted by Gasteiger charge is 2.41. The molecule has 2 aliphatic rings. The van der Waals surface area contributed by atoms with E-state index in [1.165, 1.54) is 0 Å². The first-order valence-electron chi connectivity index (χ1n) is 7.60. The first-order valence-corrected chi connectivity index (χ1v) is 7.60. The lowest BCUT2D eigenvalue weighted by Gasteiger charge is -2.51. The number of fused-ring (bicyclic) bond motifs is 2. The van der Waals surface area contributed by atoms with Crippen LogP contribution in [-0.2, 0) is 12.8 Å². The maximum absolute atomic E-state index is 13.0. The van der Waals surface area contributed by atoms with Crippen LogP contribution in [0.4, 0.5) is 0 Å². The van der Waals surface area contributed by atoms with Gasteiger partial charge in [-0.15, -0.1) is 0 Å². The summed E-state index contributed by atoms with van der Waals surface area (Å²) in [6, 6.07) is 9.75. The largest absolute Gasteiger partial charge is 0.633 e. The number of ether oxygens (including phenoxy) is 1. The average Bonchev–Trinajstić information content (AvgIpc) is 2.50. The smallest absolute Gasteiger partial charge is 0.168 e. The van der Waals surface area contributed by atoms with E-state index < -0.39 is 0 Å². The SMILES string of the molecule is COc1c(O)cc2c3c1-c1ccccc1C[C@H]3[N+](C)([O-])CC2. The van der Waals surface area contributed by atoms with Crippen LogP contribution in [0.1, 0.15) is 22.7 Å². The number of hydroxylamine groups is 3. The Morgan fingerprint density at radius 3 is 2.82 bits per heavy atom. The molecular weight excluding hydrogens is 278 g/mol. The number of hydrogen-bond donors (Lipinski definition) is 1. The topological polar surface area (TPSA) is 52.5 Å². The number of benzene rings is 2. The Balaban J connectivity index is 2.11.